The number of aromatic nitrogens is 1. The quantitative estimate of drug-likeness (QED) is 0.845. The summed E-state index contributed by atoms with van der Waals surface area (Å²) in [4.78, 5) is 17.8. The Morgan fingerprint density at radius 3 is 2.45 bits per heavy atom. The Bertz CT molecular complexity index is 555. The van der Waals surface area contributed by atoms with Crippen LogP contribution in [0.5, 0.6) is 5.75 Å². The molecule has 1 aromatic carbocycles. The monoisotopic (exact) mass is 271 g/mol. The van der Waals surface area contributed by atoms with Crippen LogP contribution in [0.4, 0.5) is 11.4 Å². The molecule has 2 N–H and O–H groups in total. The predicted octanol–water partition coefficient (Wildman–Crippen LogP) is 2.10. The molecule has 20 heavy (non-hydrogen) atoms. The van der Waals surface area contributed by atoms with Gasteiger partial charge in [0.15, 0.2) is 6.61 Å². The van der Waals surface area contributed by atoms with Crippen molar-refractivity contribution in [2.75, 3.05) is 23.8 Å². The number of amides is 1. The number of likely N-dealkylation sites (N-methyl/N-ethyl adjacent to an activating group) is 1. The van der Waals surface area contributed by atoms with Crippen LogP contribution < -0.4 is 15.4 Å². The first-order valence-corrected chi connectivity index (χ1v) is 6.39. The van der Waals surface area contributed by atoms with E-state index in [1.807, 2.05) is 6.92 Å². The Morgan fingerprint density at radius 2 is 1.85 bits per heavy atom. The first-order chi connectivity index (χ1) is 9.70. The van der Waals surface area contributed by atoms with E-state index in [4.69, 9.17) is 10.5 Å². The fourth-order valence-corrected chi connectivity index (χ4v) is 1.81. The Morgan fingerprint density at radius 1 is 1.20 bits per heavy atom. The molecule has 0 aliphatic carbocycles. The Kier molecular flexibility index (Phi) is 4.55. The fourth-order valence-electron chi connectivity index (χ4n) is 1.81. The van der Waals surface area contributed by atoms with Crippen LogP contribution in [-0.4, -0.2) is 24.0 Å². The molecule has 0 bridgehead atoms. The standard InChI is InChI=1S/C15H17N3O2/c1-2-18(13-7-9-17-10-8-13)15(19)11-20-14-5-3-12(16)4-6-14/h3-10H,2,11,16H2,1H3. The number of ether oxygens (including phenoxy) is 1. The molecule has 5 nitrogen and oxygen atoms in total. The molecular formula is C15H17N3O2. The van der Waals surface area contributed by atoms with Crippen LogP contribution in [0.1, 0.15) is 6.92 Å². The second kappa shape index (κ2) is 6.56. The number of nitrogen functional groups attached to an aromatic ring is 1. The molecule has 0 unspecified atom stereocenters. The van der Waals surface area contributed by atoms with E-state index in [1.165, 1.54) is 0 Å². The maximum Gasteiger partial charge on any atom is 0.264 e. The van der Waals surface area contributed by atoms with Crippen molar-refractivity contribution in [1.29, 1.82) is 0 Å². The summed E-state index contributed by atoms with van der Waals surface area (Å²) in [5, 5.41) is 0. The van der Waals surface area contributed by atoms with Crippen molar-refractivity contribution in [2.24, 2.45) is 0 Å². The van der Waals surface area contributed by atoms with Gasteiger partial charge in [0.1, 0.15) is 5.75 Å². The molecule has 2 rings (SSSR count). The highest BCUT2D eigenvalue weighted by molar-refractivity contribution is 5.94. The zero-order valence-electron chi connectivity index (χ0n) is 11.3. The molecule has 0 aliphatic heterocycles. The molecule has 0 aliphatic rings. The number of anilines is 2. The van der Waals surface area contributed by atoms with Gasteiger partial charge >= 0.3 is 0 Å². The molecule has 104 valence electrons. The van der Waals surface area contributed by atoms with Gasteiger partial charge in [0, 0.05) is 30.3 Å². The first-order valence-electron chi connectivity index (χ1n) is 6.39. The lowest BCUT2D eigenvalue weighted by molar-refractivity contribution is -0.120. The topological polar surface area (TPSA) is 68.5 Å². The zero-order valence-corrected chi connectivity index (χ0v) is 11.3. The van der Waals surface area contributed by atoms with E-state index >= 15 is 0 Å². The molecule has 0 fully saturated rings. The second-order valence-electron chi connectivity index (χ2n) is 4.20. The molecule has 1 aromatic heterocycles. The molecule has 0 saturated carbocycles. The van der Waals surface area contributed by atoms with Crippen LogP contribution in [0, 0.1) is 0 Å². The van der Waals surface area contributed by atoms with Crippen molar-refractivity contribution in [3.63, 3.8) is 0 Å². The summed E-state index contributed by atoms with van der Waals surface area (Å²) in [6, 6.07) is 10.5. The van der Waals surface area contributed by atoms with E-state index in [1.54, 1.807) is 53.7 Å². The second-order valence-corrected chi connectivity index (χ2v) is 4.20. The summed E-state index contributed by atoms with van der Waals surface area (Å²) in [7, 11) is 0. The van der Waals surface area contributed by atoms with Crippen LogP contribution >= 0.6 is 0 Å². The molecule has 2 aromatic rings. The predicted molar refractivity (Wildman–Crippen MR) is 78.6 cm³/mol. The highest BCUT2D eigenvalue weighted by Gasteiger charge is 2.14. The van der Waals surface area contributed by atoms with Crippen molar-refractivity contribution in [2.45, 2.75) is 6.92 Å². The highest BCUT2D eigenvalue weighted by Crippen LogP contribution is 2.15. The van der Waals surface area contributed by atoms with Crippen LogP contribution in [-0.2, 0) is 4.79 Å². The van der Waals surface area contributed by atoms with Crippen molar-refractivity contribution in [3.8, 4) is 5.75 Å². The SMILES string of the molecule is CCN(C(=O)COc1ccc(N)cc1)c1ccncc1. The van der Waals surface area contributed by atoms with Gasteiger partial charge in [0.05, 0.1) is 0 Å². The smallest absolute Gasteiger partial charge is 0.264 e. The molecule has 0 radical (unpaired) electrons. The highest BCUT2D eigenvalue weighted by atomic mass is 16.5. The van der Waals surface area contributed by atoms with Crippen LogP contribution in [0.15, 0.2) is 48.8 Å². The summed E-state index contributed by atoms with van der Waals surface area (Å²) >= 11 is 0. The Hall–Kier alpha value is -2.56. The van der Waals surface area contributed by atoms with E-state index < -0.39 is 0 Å². The third-order valence-corrected chi connectivity index (χ3v) is 2.83. The van der Waals surface area contributed by atoms with Gasteiger partial charge in [0.25, 0.3) is 5.91 Å². The van der Waals surface area contributed by atoms with Crippen molar-refractivity contribution in [3.05, 3.63) is 48.8 Å². The third-order valence-electron chi connectivity index (χ3n) is 2.83. The zero-order chi connectivity index (χ0) is 14.4. The number of benzene rings is 1. The van der Waals surface area contributed by atoms with E-state index in [-0.39, 0.29) is 12.5 Å². The number of pyridine rings is 1. The maximum atomic E-state index is 12.2. The van der Waals surface area contributed by atoms with Gasteiger partial charge in [0.2, 0.25) is 0 Å². The molecule has 1 heterocycles. The van der Waals surface area contributed by atoms with Crippen molar-refractivity contribution in [1.82, 2.24) is 4.98 Å². The number of carbonyl (C=O) groups is 1. The van der Waals surface area contributed by atoms with Crippen molar-refractivity contribution >= 4 is 17.3 Å². The summed E-state index contributed by atoms with van der Waals surface area (Å²) < 4.78 is 5.46. The normalized spacial score (nSPS) is 10.1. The summed E-state index contributed by atoms with van der Waals surface area (Å²) in [6.45, 7) is 2.48. The van der Waals surface area contributed by atoms with Gasteiger partial charge in [-0.1, -0.05) is 0 Å². The van der Waals surface area contributed by atoms with E-state index in [0.717, 1.165) is 5.69 Å². The summed E-state index contributed by atoms with van der Waals surface area (Å²) in [5.41, 5.74) is 7.07. The largest absolute Gasteiger partial charge is 0.484 e. The minimum atomic E-state index is -0.101. The molecule has 0 spiro atoms. The van der Waals surface area contributed by atoms with Crippen LogP contribution in [0.25, 0.3) is 0 Å². The Labute approximate surface area is 118 Å². The van der Waals surface area contributed by atoms with Gasteiger partial charge < -0.3 is 15.4 Å². The van der Waals surface area contributed by atoms with Gasteiger partial charge in [-0.3, -0.25) is 9.78 Å². The number of carbonyl (C=O) groups excluding carboxylic acids is 1. The van der Waals surface area contributed by atoms with Crippen LogP contribution in [0.2, 0.25) is 0 Å². The number of hydrogen-bond acceptors (Lipinski definition) is 4. The molecule has 5 heteroatoms. The number of rotatable bonds is 5. The number of hydrogen-bond donors (Lipinski definition) is 1. The van der Waals surface area contributed by atoms with E-state index in [2.05, 4.69) is 4.98 Å². The van der Waals surface area contributed by atoms with Crippen LogP contribution in [0.3, 0.4) is 0 Å². The van der Waals surface area contributed by atoms with Gasteiger partial charge in [-0.05, 0) is 43.3 Å². The lowest BCUT2D eigenvalue weighted by atomic mass is 10.3. The Balaban J connectivity index is 1.98. The molecule has 0 saturated heterocycles. The van der Waals surface area contributed by atoms with Gasteiger partial charge in [-0.15, -0.1) is 0 Å². The lowest BCUT2D eigenvalue weighted by Crippen LogP contribution is -2.34. The average Bonchev–Trinajstić information content (AvgIpc) is 2.48. The van der Waals surface area contributed by atoms with Gasteiger partial charge in [-0.25, -0.2) is 0 Å². The van der Waals surface area contributed by atoms with E-state index in [0.29, 0.717) is 18.0 Å². The van der Waals surface area contributed by atoms with E-state index in [9.17, 15) is 4.79 Å². The average molecular weight is 271 g/mol. The molecule has 0 atom stereocenters. The fraction of sp³-hybridized carbons (Fsp3) is 0.200. The minimum absolute atomic E-state index is 0.0138. The molecular weight excluding hydrogens is 254 g/mol. The first kappa shape index (κ1) is 13.9. The molecule has 1 amide bonds. The number of nitrogens with zero attached hydrogens (tertiary/aromatic N) is 2. The number of nitrogens with two attached hydrogens (primary N) is 1. The van der Waals surface area contributed by atoms with Crippen molar-refractivity contribution < 1.29 is 9.53 Å². The summed E-state index contributed by atoms with van der Waals surface area (Å²) in [5.74, 6) is 0.522. The third kappa shape index (κ3) is 3.47. The van der Waals surface area contributed by atoms with Gasteiger partial charge in [-0.2, -0.15) is 0 Å². The summed E-state index contributed by atoms with van der Waals surface area (Å²) in [6.07, 6.45) is 3.32. The lowest BCUT2D eigenvalue weighted by Gasteiger charge is -2.20. The maximum absolute atomic E-state index is 12.2. The minimum Gasteiger partial charge on any atom is -0.484 e.